The predicted molar refractivity (Wildman–Crippen MR) is 126 cm³/mol. The van der Waals surface area contributed by atoms with Crippen LogP contribution in [0, 0.1) is 19.8 Å². The lowest BCUT2D eigenvalue weighted by molar-refractivity contribution is -0.126. The summed E-state index contributed by atoms with van der Waals surface area (Å²) in [6, 6.07) is 5.34. The number of thiophene rings is 1. The van der Waals surface area contributed by atoms with E-state index in [0.717, 1.165) is 18.6 Å². The molecular formula is C23H28N4O5S2. The lowest BCUT2D eigenvalue weighted by Gasteiger charge is -2.30. The number of piperidine rings is 1. The SMILES string of the molecule is Cc1ccc(CNC(=O)C2CCN(S(=O)(=O)c3cc(-c4noc(C5CCC5)n4)sc3C)CC2)o1. The molecule has 2 aliphatic rings. The summed E-state index contributed by atoms with van der Waals surface area (Å²) in [6.45, 7) is 4.59. The van der Waals surface area contributed by atoms with Crippen LogP contribution in [0.5, 0.6) is 0 Å². The van der Waals surface area contributed by atoms with E-state index in [1.807, 2.05) is 19.1 Å². The zero-order valence-corrected chi connectivity index (χ0v) is 20.9. The van der Waals surface area contributed by atoms with Crippen LogP contribution in [-0.4, -0.2) is 41.9 Å². The number of nitrogens with zero attached hydrogens (tertiary/aromatic N) is 3. The van der Waals surface area contributed by atoms with Crippen LogP contribution in [0.1, 0.15) is 60.3 Å². The molecule has 0 radical (unpaired) electrons. The highest BCUT2D eigenvalue weighted by Crippen LogP contribution is 2.38. The van der Waals surface area contributed by atoms with Gasteiger partial charge < -0.3 is 14.3 Å². The summed E-state index contributed by atoms with van der Waals surface area (Å²) in [5.41, 5.74) is 0. The van der Waals surface area contributed by atoms with Crippen molar-refractivity contribution in [2.45, 2.75) is 63.3 Å². The molecule has 182 valence electrons. The van der Waals surface area contributed by atoms with Gasteiger partial charge in [0.15, 0.2) is 0 Å². The predicted octanol–water partition coefficient (Wildman–Crippen LogP) is 3.99. The molecule has 1 N–H and O–H groups in total. The third-order valence-corrected chi connectivity index (χ3v) is 9.86. The number of nitrogens with one attached hydrogen (secondary N) is 1. The lowest BCUT2D eigenvalue weighted by Crippen LogP contribution is -2.42. The van der Waals surface area contributed by atoms with Gasteiger partial charge in [0.25, 0.3) is 0 Å². The zero-order chi connectivity index (χ0) is 23.9. The molecule has 0 unspecified atom stereocenters. The van der Waals surface area contributed by atoms with E-state index in [1.165, 1.54) is 22.1 Å². The first-order valence-corrected chi connectivity index (χ1v) is 13.8. The average Bonchev–Trinajstić information content (AvgIpc) is 3.51. The van der Waals surface area contributed by atoms with Crippen LogP contribution in [0.2, 0.25) is 0 Å². The Labute approximate surface area is 202 Å². The van der Waals surface area contributed by atoms with E-state index >= 15 is 0 Å². The molecule has 1 amide bonds. The van der Waals surface area contributed by atoms with E-state index in [4.69, 9.17) is 8.94 Å². The quantitative estimate of drug-likeness (QED) is 0.517. The van der Waals surface area contributed by atoms with Crippen LogP contribution in [0.15, 0.2) is 32.0 Å². The van der Waals surface area contributed by atoms with Gasteiger partial charge in [0.2, 0.25) is 27.6 Å². The number of amides is 1. The van der Waals surface area contributed by atoms with E-state index in [-0.39, 0.29) is 16.7 Å². The molecule has 0 spiro atoms. The van der Waals surface area contributed by atoms with E-state index in [0.29, 0.717) is 65.6 Å². The fraction of sp³-hybridized carbons (Fsp3) is 0.522. The zero-order valence-electron chi connectivity index (χ0n) is 19.2. The largest absolute Gasteiger partial charge is 0.465 e. The maximum Gasteiger partial charge on any atom is 0.244 e. The van der Waals surface area contributed by atoms with Crippen molar-refractivity contribution >= 4 is 27.3 Å². The van der Waals surface area contributed by atoms with Crippen LogP contribution < -0.4 is 5.32 Å². The lowest BCUT2D eigenvalue weighted by atomic mass is 9.85. The van der Waals surface area contributed by atoms with Crippen LogP contribution in [-0.2, 0) is 21.4 Å². The molecule has 11 heteroatoms. The summed E-state index contributed by atoms with van der Waals surface area (Å²) < 4.78 is 39.1. The van der Waals surface area contributed by atoms with Crippen molar-refractivity contribution in [2.24, 2.45) is 5.92 Å². The maximum absolute atomic E-state index is 13.4. The van der Waals surface area contributed by atoms with E-state index in [9.17, 15) is 13.2 Å². The number of furan rings is 1. The summed E-state index contributed by atoms with van der Waals surface area (Å²) in [5.74, 6) is 2.62. The van der Waals surface area contributed by atoms with Crippen molar-refractivity contribution in [3.63, 3.8) is 0 Å². The normalized spacial score (nSPS) is 18.2. The maximum atomic E-state index is 13.4. The van der Waals surface area contributed by atoms with Gasteiger partial charge in [-0.05, 0) is 57.7 Å². The van der Waals surface area contributed by atoms with E-state index in [1.54, 1.807) is 13.0 Å². The van der Waals surface area contributed by atoms with E-state index in [2.05, 4.69) is 15.5 Å². The Morgan fingerprint density at radius 2 is 1.97 bits per heavy atom. The van der Waals surface area contributed by atoms with Gasteiger partial charge in [-0.2, -0.15) is 9.29 Å². The molecule has 0 atom stereocenters. The molecule has 4 heterocycles. The number of sulfonamides is 1. The average molecular weight is 505 g/mol. The Hall–Kier alpha value is -2.50. The summed E-state index contributed by atoms with van der Waals surface area (Å²) in [5, 5.41) is 6.97. The number of aromatic nitrogens is 2. The van der Waals surface area contributed by atoms with Crippen LogP contribution in [0.25, 0.3) is 10.7 Å². The molecule has 3 aromatic rings. The van der Waals surface area contributed by atoms with E-state index < -0.39 is 10.0 Å². The van der Waals surface area contributed by atoms with Crippen molar-refractivity contribution in [3.05, 3.63) is 40.5 Å². The Kier molecular flexibility index (Phi) is 6.34. The Bertz CT molecular complexity index is 1280. The van der Waals surface area contributed by atoms with Gasteiger partial charge in [-0.15, -0.1) is 11.3 Å². The summed E-state index contributed by atoms with van der Waals surface area (Å²) in [4.78, 5) is 18.7. The first kappa shape index (κ1) is 23.3. The summed E-state index contributed by atoms with van der Waals surface area (Å²) in [6.07, 6.45) is 4.25. The van der Waals surface area contributed by atoms with Gasteiger partial charge in [-0.1, -0.05) is 11.6 Å². The second-order valence-corrected chi connectivity index (χ2v) is 12.2. The van der Waals surface area contributed by atoms with Crippen molar-refractivity contribution in [1.82, 2.24) is 19.8 Å². The molecule has 34 heavy (non-hydrogen) atoms. The van der Waals surface area contributed by atoms with Crippen LogP contribution in [0.3, 0.4) is 0 Å². The van der Waals surface area contributed by atoms with Gasteiger partial charge >= 0.3 is 0 Å². The van der Waals surface area contributed by atoms with Gasteiger partial charge in [-0.25, -0.2) is 8.42 Å². The van der Waals surface area contributed by atoms with Crippen molar-refractivity contribution in [1.29, 1.82) is 0 Å². The minimum Gasteiger partial charge on any atom is -0.465 e. The fourth-order valence-corrected chi connectivity index (χ4v) is 7.34. The van der Waals surface area contributed by atoms with Crippen molar-refractivity contribution in [3.8, 4) is 10.7 Å². The smallest absolute Gasteiger partial charge is 0.244 e. The number of carbonyl (C=O) groups excluding carboxylic acids is 1. The molecular weight excluding hydrogens is 476 g/mol. The molecule has 0 aromatic carbocycles. The van der Waals surface area contributed by atoms with Gasteiger partial charge in [0.05, 0.1) is 16.3 Å². The topological polar surface area (TPSA) is 119 Å². The molecule has 9 nitrogen and oxygen atoms in total. The molecule has 1 aliphatic carbocycles. The van der Waals surface area contributed by atoms with Crippen molar-refractivity contribution in [2.75, 3.05) is 13.1 Å². The van der Waals surface area contributed by atoms with Gasteiger partial charge in [-0.3, -0.25) is 4.79 Å². The molecule has 5 rings (SSSR count). The van der Waals surface area contributed by atoms with Crippen LogP contribution in [0.4, 0.5) is 0 Å². The Morgan fingerprint density at radius 1 is 1.21 bits per heavy atom. The number of aryl methyl sites for hydroxylation is 2. The Balaban J connectivity index is 1.21. The Morgan fingerprint density at radius 3 is 2.62 bits per heavy atom. The molecule has 1 saturated carbocycles. The highest BCUT2D eigenvalue weighted by Gasteiger charge is 2.34. The third kappa shape index (κ3) is 4.56. The third-order valence-electron chi connectivity index (χ3n) is 6.66. The van der Waals surface area contributed by atoms with Crippen molar-refractivity contribution < 1.29 is 22.2 Å². The number of carbonyl (C=O) groups is 1. The van der Waals surface area contributed by atoms with Crippen LogP contribution >= 0.6 is 11.3 Å². The number of rotatable bonds is 7. The number of hydrogen-bond acceptors (Lipinski definition) is 8. The molecule has 1 aliphatic heterocycles. The molecule has 1 saturated heterocycles. The second-order valence-electron chi connectivity index (χ2n) is 9.02. The minimum absolute atomic E-state index is 0.0699. The molecule has 3 aromatic heterocycles. The minimum atomic E-state index is -3.67. The highest BCUT2D eigenvalue weighted by atomic mass is 32.2. The second kappa shape index (κ2) is 9.27. The summed E-state index contributed by atoms with van der Waals surface area (Å²) >= 11 is 1.36. The monoisotopic (exact) mass is 504 g/mol. The van der Waals surface area contributed by atoms with Gasteiger partial charge in [0.1, 0.15) is 11.5 Å². The number of hydrogen-bond donors (Lipinski definition) is 1. The summed E-state index contributed by atoms with van der Waals surface area (Å²) in [7, 11) is -3.67. The standard InChI is InChI=1S/C23H28N4O5S2/c1-14-6-7-18(31-14)13-24-22(28)16-8-10-27(11-9-16)34(29,30)20-12-19(33-15(20)2)21-25-23(32-26-21)17-4-3-5-17/h6-7,12,16-17H,3-5,8-11,13H2,1-2H3,(H,24,28). The molecule has 2 fully saturated rings. The first-order valence-electron chi connectivity index (χ1n) is 11.6. The van der Waals surface area contributed by atoms with Gasteiger partial charge in [0, 0.05) is 29.8 Å². The first-order chi connectivity index (χ1) is 16.3. The molecule has 0 bridgehead atoms. The highest BCUT2D eigenvalue weighted by molar-refractivity contribution is 7.89. The fourth-order valence-electron chi connectivity index (χ4n) is 4.38.